The first kappa shape index (κ1) is 10.6. The Balaban J connectivity index is 1.95. The second kappa shape index (κ2) is 6.09. The molecule has 76 valence electrons. The number of thiocarbonyl (C=S) groups is 1. The number of nitrogens with zero attached hydrogens (tertiary/aromatic N) is 1. The highest BCUT2D eigenvalue weighted by atomic mass is 32.1. The monoisotopic (exact) mass is 204 g/mol. The van der Waals surface area contributed by atoms with Gasteiger partial charge >= 0.3 is 0 Å². The fourth-order valence-corrected chi connectivity index (χ4v) is 1.26. The maximum atomic E-state index is 5.24. The van der Waals surface area contributed by atoms with Crippen LogP contribution in [0.5, 0.6) is 0 Å². The lowest BCUT2D eigenvalue weighted by molar-refractivity contribution is 0.0382. The number of ether oxygens (including phenoxy) is 1. The van der Waals surface area contributed by atoms with Gasteiger partial charge in [0.2, 0.25) is 0 Å². The van der Waals surface area contributed by atoms with Crippen molar-refractivity contribution in [1.29, 1.82) is 0 Å². The third kappa shape index (κ3) is 4.99. The minimum absolute atomic E-state index is 0.280. The van der Waals surface area contributed by atoms with E-state index in [2.05, 4.69) is 28.0 Å². The molecule has 0 radical (unpaired) electrons. The number of nitrogens with two attached hydrogens (primary N) is 1. The van der Waals surface area contributed by atoms with Gasteiger partial charge in [0.15, 0.2) is 5.11 Å². The zero-order chi connectivity index (χ0) is 9.52. The molecule has 1 fully saturated rings. The second-order valence-corrected chi connectivity index (χ2v) is 3.31. The van der Waals surface area contributed by atoms with Crippen molar-refractivity contribution in [2.75, 3.05) is 39.4 Å². The van der Waals surface area contributed by atoms with Crippen LogP contribution >= 0.6 is 12.2 Å². The molecule has 0 aromatic rings. The zero-order valence-corrected chi connectivity index (χ0v) is 8.40. The fraction of sp³-hybridized carbons (Fsp3) is 0.857. The van der Waals surface area contributed by atoms with Gasteiger partial charge in [0, 0.05) is 26.2 Å². The van der Waals surface area contributed by atoms with Crippen molar-refractivity contribution in [3.63, 3.8) is 0 Å². The Kier molecular flexibility index (Phi) is 4.99. The van der Waals surface area contributed by atoms with E-state index in [1.807, 2.05) is 0 Å². The van der Waals surface area contributed by atoms with Gasteiger partial charge < -0.3 is 10.5 Å². The molecule has 0 aromatic heterocycles. The number of hydrazine groups is 1. The maximum Gasteiger partial charge on any atom is 0.178 e. The van der Waals surface area contributed by atoms with E-state index in [-0.39, 0.29) is 5.11 Å². The second-order valence-electron chi connectivity index (χ2n) is 2.87. The van der Waals surface area contributed by atoms with Gasteiger partial charge in [-0.05, 0) is 12.2 Å². The molecular weight excluding hydrogens is 188 g/mol. The molecule has 0 saturated carbocycles. The fourth-order valence-electron chi connectivity index (χ4n) is 1.19. The number of rotatable bonds is 4. The Morgan fingerprint density at radius 2 is 2.15 bits per heavy atom. The van der Waals surface area contributed by atoms with E-state index in [1.165, 1.54) is 0 Å². The summed E-state index contributed by atoms with van der Waals surface area (Å²) in [5, 5.41) is 0.280. The van der Waals surface area contributed by atoms with Crippen LogP contribution in [-0.2, 0) is 4.74 Å². The average Bonchev–Trinajstić information content (AvgIpc) is 2.14. The highest BCUT2D eigenvalue weighted by Crippen LogP contribution is 1.94. The van der Waals surface area contributed by atoms with E-state index in [0.717, 1.165) is 39.4 Å². The number of hydrogen-bond acceptors (Lipinski definition) is 4. The number of morpholine rings is 1. The normalized spacial score (nSPS) is 18.5. The molecule has 0 aromatic carbocycles. The number of nitrogens with one attached hydrogen (secondary N) is 2. The smallest absolute Gasteiger partial charge is 0.178 e. The SMILES string of the molecule is NC(=S)NNCCN1CCOCC1. The van der Waals surface area contributed by atoms with Crippen molar-refractivity contribution >= 4 is 17.3 Å². The van der Waals surface area contributed by atoms with Crippen molar-refractivity contribution < 1.29 is 4.74 Å². The molecule has 0 atom stereocenters. The summed E-state index contributed by atoms with van der Waals surface area (Å²) in [6.45, 7) is 5.51. The molecule has 0 amide bonds. The standard InChI is InChI=1S/C7H16N4OS/c8-7(13)10-9-1-2-11-3-5-12-6-4-11/h9H,1-6H2,(H3,8,10,13). The van der Waals surface area contributed by atoms with E-state index in [0.29, 0.717) is 0 Å². The summed E-state index contributed by atoms with van der Waals surface area (Å²) in [4.78, 5) is 2.33. The van der Waals surface area contributed by atoms with Gasteiger partial charge in [-0.3, -0.25) is 10.3 Å². The zero-order valence-electron chi connectivity index (χ0n) is 7.58. The molecule has 6 heteroatoms. The van der Waals surface area contributed by atoms with Gasteiger partial charge in [-0.1, -0.05) is 0 Å². The third-order valence-corrected chi connectivity index (χ3v) is 1.97. The molecule has 13 heavy (non-hydrogen) atoms. The van der Waals surface area contributed by atoms with Crippen LogP contribution in [0.1, 0.15) is 0 Å². The summed E-state index contributed by atoms with van der Waals surface area (Å²) in [6.07, 6.45) is 0. The number of hydrogen-bond donors (Lipinski definition) is 3. The largest absolute Gasteiger partial charge is 0.379 e. The molecular formula is C7H16N4OS. The van der Waals surface area contributed by atoms with Gasteiger partial charge in [-0.2, -0.15) is 0 Å². The summed E-state index contributed by atoms with van der Waals surface area (Å²) in [5.41, 5.74) is 10.9. The summed E-state index contributed by atoms with van der Waals surface area (Å²) in [5.74, 6) is 0. The molecule has 4 N–H and O–H groups in total. The van der Waals surface area contributed by atoms with Crippen LogP contribution in [0.4, 0.5) is 0 Å². The average molecular weight is 204 g/mol. The van der Waals surface area contributed by atoms with Crippen LogP contribution in [0.3, 0.4) is 0 Å². The topological polar surface area (TPSA) is 62.5 Å². The van der Waals surface area contributed by atoms with Gasteiger partial charge in [0.05, 0.1) is 13.2 Å². The van der Waals surface area contributed by atoms with Crippen molar-refractivity contribution in [2.45, 2.75) is 0 Å². The van der Waals surface area contributed by atoms with Crippen LogP contribution in [0.15, 0.2) is 0 Å². The lowest BCUT2D eigenvalue weighted by Gasteiger charge is -2.26. The minimum Gasteiger partial charge on any atom is -0.379 e. The van der Waals surface area contributed by atoms with Crippen molar-refractivity contribution in [3.8, 4) is 0 Å². The van der Waals surface area contributed by atoms with E-state index < -0.39 is 0 Å². The highest BCUT2D eigenvalue weighted by Gasteiger charge is 2.08. The van der Waals surface area contributed by atoms with E-state index >= 15 is 0 Å². The third-order valence-electron chi connectivity index (χ3n) is 1.87. The first-order chi connectivity index (χ1) is 6.29. The first-order valence-electron chi connectivity index (χ1n) is 4.37. The highest BCUT2D eigenvalue weighted by molar-refractivity contribution is 7.80. The Bertz CT molecular complexity index is 161. The molecule has 0 bridgehead atoms. The van der Waals surface area contributed by atoms with Crippen molar-refractivity contribution in [3.05, 3.63) is 0 Å². The molecule has 1 aliphatic rings. The molecule has 0 unspecified atom stereocenters. The van der Waals surface area contributed by atoms with E-state index in [1.54, 1.807) is 0 Å². The summed E-state index contributed by atoms with van der Waals surface area (Å²) in [7, 11) is 0. The molecule has 0 aliphatic carbocycles. The molecule has 1 rings (SSSR count). The molecule has 5 nitrogen and oxygen atoms in total. The van der Waals surface area contributed by atoms with Gasteiger partial charge in [0.25, 0.3) is 0 Å². The van der Waals surface area contributed by atoms with E-state index in [4.69, 9.17) is 10.5 Å². The van der Waals surface area contributed by atoms with Crippen molar-refractivity contribution in [2.24, 2.45) is 5.73 Å². The molecule has 1 heterocycles. The molecule has 1 aliphatic heterocycles. The molecule has 1 saturated heterocycles. The Labute approximate surface area is 83.6 Å². The Hall–Kier alpha value is -0.430. The lowest BCUT2D eigenvalue weighted by Crippen LogP contribution is -2.46. The quantitative estimate of drug-likeness (QED) is 0.299. The van der Waals surface area contributed by atoms with Crippen LogP contribution in [-0.4, -0.2) is 49.4 Å². The Morgan fingerprint density at radius 1 is 1.46 bits per heavy atom. The predicted octanol–water partition coefficient (Wildman–Crippen LogP) is -1.34. The van der Waals surface area contributed by atoms with Crippen LogP contribution < -0.4 is 16.6 Å². The minimum atomic E-state index is 0.280. The summed E-state index contributed by atoms with van der Waals surface area (Å²) >= 11 is 4.64. The maximum absolute atomic E-state index is 5.24. The van der Waals surface area contributed by atoms with Crippen LogP contribution in [0, 0.1) is 0 Å². The molecule has 0 spiro atoms. The van der Waals surface area contributed by atoms with Crippen molar-refractivity contribution in [1.82, 2.24) is 15.8 Å². The summed E-state index contributed by atoms with van der Waals surface area (Å²) in [6, 6.07) is 0. The summed E-state index contributed by atoms with van der Waals surface area (Å²) < 4.78 is 5.23. The first-order valence-corrected chi connectivity index (χ1v) is 4.78. The van der Waals surface area contributed by atoms with Gasteiger partial charge in [0.1, 0.15) is 0 Å². The predicted molar refractivity (Wildman–Crippen MR) is 55.2 cm³/mol. The van der Waals surface area contributed by atoms with Gasteiger partial charge in [-0.25, -0.2) is 5.43 Å². The van der Waals surface area contributed by atoms with Gasteiger partial charge in [-0.15, -0.1) is 0 Å². The van der Waals surface area contributed by atoms with Crippen LogP contribution in [0.2, 0.25) is 0 Å². The lowest BCUT2D eigenvalue weighted by atomic mass is 10.4. The van der Waals surface area contributed by atoms with E-state index in [9.17, 15) is 0 Å². The Morgan fingerprint density at radius 3 is 2.77 bits per heavy atom. The van der Waals surface area contributed by atoms with Crippen LogP contribution in [0.25, 0.3) is 0 Å².